The molecule has 0 aromatic heterocycles. The SMILES string of the molecule is CCCN(C(=O)c1ccc(C(=O)N(C)C)cc1)[C@H]1CCNC1. The second-order valence-corrected chi connectivity index (χ2v) is 5.92. The molecule has 1 aromatic rings. The summed E-state index contributed by atoms with van der Waals surface area (Å²) in [4.78, 5) is 28.1. The van der Waals surface area contributed by atoms with Crippen LogP contribution in [0.2, 0.25) is 0 Å². The van der Waals surface area contributed by atoms with Crippen molar-refractivity contribution in [2.24, 2.45) is 0 Å². The quantitative estimate of drug-likeness (QED) is 0.899. The number of hydrogen-bond acceptors (Lipinski definition) is 3. The summed E-state index contributed by atoms with van der Waals surface area (Å²) in [6.45, 7) is 4.68. The molecule has 1 saturated heterocycles. The van der Waals surface area contributed by atoms with E-state index >= 15 is 0 Å². The van der Waals surface area contributed by atoms with Gasteiger partial charge in [-0.05, 0) is 43.7 Å². The van der Waals surface area contributed by atoms with E-state index in [0.29, 0.717) is 11.1 Å². The Morgan fingerprint density at radius 2 is 1.73 bits per heavy atom. The van der Waals surface area contributed by atoms with Crippen LogP contribution < -0.4 is 5.32 Å². The first kappa shape index (κ1) is 16.5. The standard InChI is InChI=1S/C17H25N3O2/c1-4-11-20(15-9-10-18-12-15)17(22)14-7-5-13(6-8-14)16(21)19(2)3/h5-8,15,18H,4,9-12H2,1-3H3/t15-/m0/s1. The second-order valence-electron chi connectivity index (χ2n) is 5.92. The van der Waals surface area contributed by atoms with Crippen LogP contribution in [0.5, 0.6) is 0 Å². The first-order chi connectivity index (χ1) is 10.5. The Hall–Kier alpha value is -1.88. The van der Waals surface area contributed by atoms with Crippen molar-refractivity contribution in [1.82, 2.24) is 15.1 Å². The van der Waals surface area contributed by atoms with Gasteiger partial charge >= 0.3 is 0 Å². The number of nitrogens with zero attached hydrogens (tertiary/aromatic N) is 2. The van der Waals surface area contributed by atoms with Crippen molar-refractivity contribution < 1.29 is 9.59 Å². The summed E-state index contributed by atoms with van der Waals surface area (Å²) >= 11 is 0. The third-order valence-electron chi connectivity index (χ3n) is 3.99. The van der Waals surface area contributed by atoms with Crippen molar-refractivity contribution in [3.05, 3.63) is 35.4 Å². The summed E-state index contributed by atoms with van der Waals surface area (Å²) in [6, 6.07) is 7.24. The topological polar surface area (TPSA) is 52.7 Å². The number of carbonyl (C=O) groups is 2. The number of rotatable bonds is 5. The van der Waals surface area contributed by atoms with Crippen molar-refractivity contribution in [3.8, 4) is 0 Å². The van der Waals surface area contributed by atoms with Gasteiger partial charge in [0.05, 0.1) is 0 Å². The molecule has 120 valence electrons. The van der Waals surface area contributed by atoms with Gasteiger partial charge in [0.25, 0.3) is 11.8 Å². The van der Waals surface area contributed by atoms with Crippen LogP contribution in [0.3, 0.4) is 0 Å². The molecule has 0 unspecified atom stereocenters. The number of amides is 2. The average Bonchev–Trinajstić information content (AvgIpc) is 3.05. The van der Waals surface area contributed by atoms with Crippen LogP contribution in [0.1, 0.15) is 40.5 Å². The Morgan fingerprint density at radius 1 is 1.14 bits per heavy atom. The molecule has 1 fully saturated rings. The van der Waals surface area contributed by atoms with E-state index in [2.05, 4.69) is 12.2 Å². The summed E-state index contributed by atoms with van der Waals surface area (Å²) in [6.07, 6.45) is 1.95. The first-order valence-electron chi connectivity index (χ1n) is 7.88. The van der Waals surface area contributed by atoms with Gasteiger partial charge in [0.15, 0.2) is 0 Å². The zero-order valence-corrected chi connectivity index (χ0v) is 13.6. The van der Waals surface area contributed by atoms with Crippen LogP contribution in [0, 0.1) is 0 Å². The fraction of sp³-hybridized carbons (Fsp3) is 0.529. The van der Waals surface area contributed by atoms with Crippen molar-refractivity contribution in [2.75, 3.05) is 33.7 Å². The third kappa shape index (κ3) is 3.65. The van der Waals surface area contributed by atoms with Gasteiger partial charge in [0.2, 0.25) is 0 Å². The molecule has 5 heteroatoms. The Bertz CT molecular complexity index is 519. The van der Waals surface area contributed by atoms with Crippen LogP contribution in [0.15, 0.2) is 24.3 Å². The molecule has 0 radical (unpaired) electrons. The molecule has 0 saturated carbocycles. The fourth-order valence-corrected chi connectivity index (χ4v) is 2.78. The van der Waals surface area contributed by atoms with Crippen molar-refractivity contribution in [3.63, 3.8) is 0 Å². The minimum atomic E-state index is -0.0515. The molecule has 1 aliphatic heterocycles. The molecule has 1 N–H and O–H groups in total. The van der Waals surface area contributed by atoms with E-state index in [-0.39, 0.29) is 17.9 Å². The molecule has 22 heavy (non-hydrogen) atoms. The van der Waals surface area contributed by atoms with Crippen LogP contribution >= 0.6 is 0 Å². The minimum absolute atomic E-state index is 0.0515. The highest BCUT2D eigenvalue weighted by Gasteiger charge is 2.26. The molecule has 0 aliphatic carbocycles. The van der Waals surface area contributed by atoms with Gasteiger partial charge in [0.1, 0.15) is 0 Å². The van der Waals surface area contributed by atoms with Crippen LogP contribution in [-0.4, -0.2) is 61.4 Å². The van der Waals surface area contributed by atoms with Gasteiger partial charge in [0, 0.05) is 44.4 Å². The van der Waals surface area contributed by atoms with E-state index in [0.717, 1.165) is 32.5 Å². The third-order valence-corrected chi connectivity index (χ3v) is 3.99. The van der Waals surface area contributed by atoms with E-state index in [4.69, 9.17) is 0 Å². The van der Waals surface area contributed by atoms with E-state index in [1.165, 1.54) is 4.90 Å². The number of nitrogens with one attached hydrogen (secondary N) is 1. The summed E-state index contributed by atoms with van der Waals surface area (Å²) in [7, 11) is 3.44. The maximum absolute atomic E-state index is 12.7. The molecule has 1 atom stereocenters. The molecule has 1 aromatic carbocycles. The number of benzene rings is 1. The predicted molar refractivity (Wildman–Crippen MR) is 87.1 cm³/mol. The normalized spacial score (nSPS) is 17.3. The maximum Gasteiger partial charge on any atom is 0.254 e. The Balaban J connectivity index is 2.14. The number of hydrogen-bond donors (Lipinski definition) is 1. The van der Waals surface area contributed by atoms with Gasteiger partial charge in [-0.25, -0.2) is 0 Å². The lowest BCUT2D eigenvalue weighted by molar-refractivity contribution is 0.0691. The largest absolute Gasteiger partial charge is 0.345 e. The highest BCUT2D eigenvalue weighted by atomic mass is 16.2. The molecule has 0 bridgehead atoms. The summed E-state index contributed by atoms with van der Waals surface area (Å²) in [5, 5.41) is 3.31. The van der Waals surface area contributed by atoms with E-state index in [1.807, 2.05) is 4.90 Å². The second kappa shape index (κ2) is 7.40. The minimum Gasteiger partial charge on any atom is -0.345 e. The monoisotopic (exact) mass is 303 g/mol. The van der Waals surface area contributed by atoms with Crippen molar-refractivity contribution >= 4 is 11.8 Å². The zero-order chi connectivity index (χ0) is 16.1. The lowest BCUT2D eigenvalue weighted by Crippen LogP contribution is -2.42. The van der Waals surface area contributed by atoms with Crippen LogP contribution in [-0.2, 0) is 0 Å². The highest BCUT2D eigenvalue weighted by molar-refractivity contribution is 5.97. The zero-order valence-electron chi connectivity index (χ0n) is 13.6. The Labute approximate surface area is 132 Å². The molecule has 1 aliphatic rings. The van der Waals surface area contributed by atoms with Crippen LogP contribution in [0.4, 0.5) is 0 Å². The van der Waals surface area contributed by atoms with Crippen molar-refractivity contribution in [2.45, 2.75) is 25.8 Å². The van der Waals surface area contributed by atoms with Gasteiger partial charge in [-0.1, -0.05) is 6.92 Å². The Morgan fingerprint density at radius 3 is 2.18 bits per heavy atom. The summed E-state index contributed by atoms with van der Waals surface area (Å²) in [5.74, 6) is 0.00353. The first-order valence-corrected chi connectivity index (χ1v) is 7.88. The molecule has 2 amide bonds. The molecule has 5 nitrogen and oxygen atoms in total. The van der Waals surface area contributed by atoms with E-state index in [9.17, 15) is 9.59 Å². The maximum atomic E-state index is 12.7. The molecular formula is C17H25N3O2. The highest BCUT2D eigenvalue weighted by Crippen LogP contribution is 2.15. The molecular weight excluding hydrogens is 278 g/mol. The van der Waals surface area contributed by atoms with Gasteiger partial charge < -0.3 is 15.1 Å². The smallest absolute Gasteiger partial charge is 0.254 e. The van der Waals surface area contributed by atoms with Gasteiger partial charge in [-0.2, -0.15) is 0 Å². The summed E-state index contributed by atoms with van der Waals surface area (Å²) < 4.78 is 0. The lowest BCUT2D eigenvalue weighted by atomic mass is 10.1. The van der Waals surface area contributed by atoms with Crippen molar-refractivity contribution in [1.29, 1.82) is 0 Å². The van der Waals surface area contributed by atoms with E-state index < -0.39 is 0 Å². The molecule has 2 rings (SSSR count). The number of carbonyl (C=O) groups excluding carboxylic acids is 2. The van der Waals surface area contributed by atoms with Crippen LogP contribution in [0.25, 0.3) is 0 Å². The summed E-state index contributed by atoms with van der Waals surface area (Å²) in [5.41, 5.74) is 1.25. The molecule has 1 heterocycles. The predicted octanol–water partition coefficient (Wildman–Crippen LogP) is 1.60. The van der Waals surface area contributed by atoms with Gasteiger partial charge in [-0.3, -0.25) is 9.59 Å². The molecule has 0 spiro atoms. The van der Waals surface area contributed by atoms with E-state index in [1.54, 1.807) is 38.4 Å². The lowest BCUT2D eigenvalue weighted by Gasteiger charge is -2.28. The fourth-order valence-electron chi connectivity index (χ4n) is 2.78. The van der Waals surface area contributed by atoms with Gasteiger partial charge in [-0.15, -0.1) is 0 Å². The Kier molecular flexibility index (Phi) is 5.55. The average molecular weight is 303 g/mol.